The highest BCUT2D eigenvalue weighted by atomic mass is 16.4. The lowest BCUT2D eigenvalue weighted by atomic mass is 9.92. The van der Waals surface area contributed by atoms with Crippen molar-refractivity contribution in [1.82, 2.24) is 10.3 Å². The van der Waals surface area contributed by atoms with Crippen molar-refractivity contribution >= 4 is 11.9 Å². The van der Waals surface area contributed by atoms with Crippen LogP contribution in [-0.2, 0) is 10.3 Å². The third kappa shape index (κ3) is 2.40. The fraction of sp³-hybridized carbons (Fsp3) is 0.214. The first-order valence-electron chi connectivity index (χ1n) is 5.96. The Kier molecular flexibility index (Phi) is 3.56. The number of carbonyl (C=O) groups is 2. The summed E-state index contributed by atoms with van der Waals surface area (Å²) >= 11 is 0. The zero-order chi connectivity index (χ0) is 14.8. The van der Waals surface area contributed by atoms with Gasteiger partial charge in [-0.1, -0.05) is 30.3 Å². The van der Waals surface area contributed by atoms with E-state index < -0.39 is 17.4 Å². The quantitative estimate of drug-likeness (QED) is 0.885. The van der Waals surface area contributed by atoms with Gasteiger partial charge in [0.1, 0.15) is 0 Å². The number of amides is 1. The summed E-state index contributed by atoms with van der Waals surface area (Å²) in [5, 5.41) is 11.9. The van der Waals surface area contributed by atoms with Crippen LogP contribution in [0.5, 0.6) is 0 Å². The zero-order valence-electron chi connectivity index (χ0n) is 11.1. The van der Waals surface area contributed by atoms with Crippen LogP contribution in [0.25, 0.3) is 0 Å². The Hall–Kier alpha value is -2.63. The van der Waals surface area contributed by atoms with Gasteiger partial charge in [0, 0.05) is 0 Å². The maximum atomic E-state index is 12.1. The molecule has 0 aliphatic carbocycles. The lowest BCUT2D eigenvalue weighted by Gasteiger charge is -2.26. The van der Waals surface area contributed by atoms with Gasteiger partial charge < -0.3 is 14.8 Å². The molecule has 1 unspecified atom stereocenters. The second-order valence-electron chi connectivity index (χ2n) is 4.52. The molecule has 2 rings (SSSR count). The number of aliphatic carboxylic acids is 1. The Bertz CT molecular complexity index is 636. The van der Waals surface area contributed by atoms with Gasteiger partial charge in [-0.2, -0.15) is 0 Å². The molecule has 6 heteroatoms. The predicted octanol–water partition coefficient (Wildman–Crippen LogP) is 1.71. The second kappa shape index (κ2) is 5.16. The van der Waals surface area contributed by atoms with Gasteiger partial charge in [0.2, 0.25) is 5.76 Å². The number of nitrogens with one attached hydrogen (secondary N) is 1. The molecule has 0 saturated heterocycles. The van der Waals surface area contributed by atoms with Gasteiger partial charge in [0.05, 0.1) is 5.69 Å². The molecule has 1 aromatic carbocycles. The summed E-state index contributed by atoms with van der Waals surface area (Å²) in [5.74, 6) is -1.77. The van der Waals surface area contributed by atoms with Gasteiger partial charge in [0.15, 0.2) is 11.9 Å². The fourth-order valence-corrected chi connectivity index (χ4v) is 1.82. The molecule has 1 amide bonds. The molecule has 1 atom stereocenters. The number of carboxylic acid groups (broad SMARTS) is 1. The van der Waals surface area contributed by atoms with E-state index in [1.807, 2.05) is 0 Å². The van der Waals surface area contributed by atoms with E-state index in [1.54, 1.807) is 37.3 Å². The SMILES string of the molecule is Cc1ncoc1C(=O)NC(C)(C(=O)O)c1ccccc1. The first-order chi connectivity index (χ1) is 9.45. The molecule has 20 heavy (non-hydrogen) atoms. The van der Waals surface area contributed by atoms with Crippen molar-refractivity contribution in [2.75, 3.05) is 0 Å². The van der Waals surface area contributed by atoms with Crippen molar-refractivity contribution in [2.24, 2.45) is 0 Å². The summed E-state index contributed by atoms with van der Waals surface area (Å²) in [6.07, 6.45) is 1.14. The summed E-state index contributed by atoms with van der Waals surface area (Å²) in [6, 6.07) is 8.47. The van der Waals surface area contributed by atoms with E-state index in [9.17, 15) is 14.7 Å². The first kappa shape index (κ1) is 13.8. The Morgan fingerprint density at radius 2 is 1.95 bits per heavy atom. The minimum absolute atomic E-state index is 0.00778. The van der Waals surface area contributed by atoms with Crippen LogP contribution < -0.4 is 5.32 Å². The molecular weight excluding hydrogens is 260 g/mol. The summed E-state index contributed by atoms with van der Waals surface area (Å²) in [7, 11) is 0. The number of aryl methyl sites for hydroxylation is 1. The third-order valence-electron chi connectivity index (χ3n) is 3.09. The maximum Gasteiger partial charge on any atom is 0.333 e. The average Bonchev–Trinajstić information content (AvgIpc) is 2.85. The van der Waals surface area contributed by atoms with Gasteiger partial charge >= 0.3 is 5.97 Å². The molecule has 0 fully saturated rings. The van der Waals surface area contributed by atoms with E-state index in [0.717, 1.165) is 6.39 Å². The largest absolute Gasteiger partial charge is 0.479 e. The van der Waals surface area contributed by atoms with Crippen molar-refractivity contribution in [3.05, 3.63) is 53.7 Å². The zero-order valence-corrected chi connectivity index (χ0v) is 11.1. The Morgan fingerprint density at radius 1 is 1.30 bits per heavy atom. The summed E-state index contributed by atoms with van der Waals surface area (Å²) < 4.78 is 4.97. The standard InChI is InChI=1S/C14H14N2O4/c1-9-11(20-8-15-9)12(17)16-14(2,13(18)19)10-6-4-3-5-7-10/h3-8H,1-2H3,(H,16,17)(H,18,19). The number of carboxylic acids is 1. The lowest BCUT2D eigenvalue weighted by molar-refractivity contribution is -0.144. The summed E-state index contributed by atoms with van der Waals surface area (Å²) in [4.78, 5) is 27.5. The topological polar surface area (TPSA) is 92.4 Å². The molecule has 0 aliphatic rings. The van der Waals surface area contributed by atoms with Crippen molar-refractivity contribution in [3.8, 4) is 0 Å². The van der Waals surface area contributed by atoms with E-state index in [1.165, 1.54) is 6.92 Å². The van der Waals surface area contributed by atoms with Crippen molar-refractivity contribution in [3.63, 3.8) is 0 Å². The van der Waals surface area contributed by atoms with Crippen LogP contribution in [0.4, 0.5) is 0 Å². The van der Waals surface area contributed by atoms with Crippen LogP contribution in [0, 0.1) is 6.92 Å². The molecule has 6 nitrogen and oxygen atoms in total. The summed E-state index contributed by atoms with van der Waals surface area (Å²) in [5.41, 5.74) is -0.668. The van der Waals surface area contributed by atoms with E-state index in [4.69, 9.17) is 4.42 Å². The maximum absolute atomic E-state index is 12.1. The minimum Gasteiger partial charge on any atom is -0.479 e. The van der Waals surface area contributed by atoms with Crippen molar-refractivity contribution < 1.29 is 19.1 Å². The van der Waals surface area contributed by atoms with Gasteiger partial charge in [0.25, 0.3) is 5.91 Å². The predicted molar refractivity (Wildman–Crippen MR) is 70.1 cm³/mol. The van der Waals surface area contributed by atoms with Gasteiger partial charge in [-0.05, 0) is 19.4 Å². The van der Waals surface area contributed by atoms with Crippen LogP contribution in [0.15, 0.2) is 41.1 Å². The molecule has 1 aromatic heterocycles. The monoisotopic (exact) mass is 274 g/mol. The number of carbonyl (C=O) groups excluding carboxylic acids is 1. The molecule has 2 N–H and O–H groups in total. The molecule has 0 radical (unpaired) electrons. The van der Waals surface area contributed by atoms with E-state index in [-0.39, 0.29) is 5.76 Å². The Labute approximate surface area is 115 Å². The van der Waals surface area contributed by atoms with E-state index in [0.29, 0.717) is 11.3 Å². The highest BCUT2D eigenvalue weighted by Gasteiger charge is 2.38. The normalized spacial score (nSPS) is 13.5. The number of hydrogen-bond donors (Lipinski definition) is 2. The molecule has 1 heterocycles. The van der Waals surface area contributed by atoms with E-state index >= 15 is 0 Å². The molecule has 0 spiro atoms. The Morgan fingerprint density at radius 3 is 2.45 bits per heavy atom. The number of rotatable bonds is 4. The third-order valence-corrected chi connectivity index (χ3v) is 3.09. The summed E-state index contributed by atoms with van der Waals surface area (Å²) in [6.45, 7) is 3.04. The van der Waals surface area contributed by atoms with Crippen LogP contribution in [0.1, 0.15) is 28.7 Å². The molecule has 0 aliphatic heterocycles. The molecule has 2 aromatic rings. The number of nitrogens with zero attached hydrogens (tertiary/aromatic N) is 1. The Balaban J connectivity index is 2.34. The molecule has 104 valence electrons. The number of benzene rings is 1. The second-order valence-corrected chi connectivity index (χ2v) is 4.52. The van der Waals surface area contributed by atoms with Crippen LogP contribution in [0.3, 0.4) is 0 Å². The average molecular weight is 274 g/mol. The van der Waals surface area contributed by atoms with Crippen LogP contribution in [0.2, 0.25) is 0 Å². The number of hydrogen-bond acceptors (Lipinski definition) is 4. The molecular formula is C14H14N2O4. The minimum atomic E-state index is -1.54. The molecule has 0 saturated carbocycles. The first-order valence-corrected chi connectivity index (χ1v) is 5.96. The van der Waals surface area contributed by atoms with Gasteiger partial charge in [-0.15, -0.1) is 0 Å². The smallest absolute Gasteiger partial charge is 0.333 e. The van der Waals surface area contributed by atoms with Gasteiger partial charge in [-0.25, -0.2) is 9.78 Å². The van der Waals surface area contributed by atoms with E-state index in [2.05, 4.69) is 10.3 Å². The van der Waals surface area contributed by atoms with Crippen LogP contribution >= 0.6 is 0 Å². The highest BCUT2D eigenvalue weighted by Crippen LogP contribution is 2.22. The number of aromatic nitrogens is 1. The number of oxazole rings is 1. The lowest BCUT2D eigenvalue weighted by Crippen LogP contribution is -2.49. The van der Waals surface area contributed by atoms with Crippen LogP contribution in [-0.4, -0.2) is 22.0 Å². The molecule has 0 bridgehead atoms. The van der Waals surface area contributed by atoms with Crippen molar-refractivity contribution in [1.29, 1.82) is 0 Å². The van der Waals surface area contributed by atoms with Gasteiger partial charge in [-0.3, -0.25) is 4.79 Å². The fourth-order valence-electron chi connectivity index (χ4n) is 1.82. The van der Waals surface area contributed by atoms with Crippen molar-refractivity contribution in [2.45, 2.75) is 19.4 Å². The highest BCUT2D eigenvalue weighted by molar-refractivity contribution is 5.96.